The van der Waals surface area contributed by atoms with Gasteiger partial charge >= 0.3 is 0 Å². The molecular weight excluding hydrogens is 427 g/mol. The van der Waals surface area contributed by atoms with E-state index in [1.54, 1.807) is 19.9 Å². The molecule has 1 saturated heterocycles. The summed E-state index contributed by atoms with van der Waals surface area (Å²) >= 11 is 0. The fourth-order valence-corrected chi connectivity index (χ4v) is 5.27. The Morgan fingerprint density at radius 2 is 1.94 bits per heavy atom. The van der Waals surface area contributed by atoms with Gasteiger partial charge < -0.3 is 9.47 Å². The maximum absolute atomic E-state index is 13.4. The number of morpholine rings is 1. The topological polar surface area (TPSA) is 105 Å². The third-order valence-corrected chi connectivity index (χ3v) is 7.02. The van der Waals surface area contributed by atoms with Gasteiger partial charge in [-0.1, -0.05) is 6.07 Å². The second-order valence-corrected chi connectivity index (χ2v) is 9.37. The molecular formula is C21H25FN2O6S. The number of hydroxylamine groups is 1. The number of aryl methyl sites for hydroxylation is 1. The maximum atomic E-state index is 13.4. The minimum Gasteiger partial charge on any atom is -0.489 e. The molecule has 3 rings (SSSR count). The van der Waals surface area contributed by atoms with E-state index >= 15 is 0 Å². The van der Waals surface area contributed by atoms with Gasteiger partial charge in [-0.25, -0.2) is 18.3 Å². The monoisotopic (exact) mass is 452 g/mol. The number of amides is 1. The second kappa shape index (κ2) is 9.31. The van der Waals surface area contributed by atoms with Crippen molar-refractivity contribution in [1.29, 1.82) is 0 Å². The molecule has 1 aliphatic heterocycles. The Morgan fingerprint density at radius 1 is 1.26 bits per heavy atom. The number of rotatable bonds is 6. The zero-order valence-electron chi connectivity index (χ0n) is 17.4. The summed E-state index contributed by atoms with van der Waals surface area (Å²) in [6, 6.07) is 8.96. The van der Waals surface area contributed by atoms with E-state index in [4.69, 9.17) is 14.7 Å². The Labute approximate surface area is 180 Å². The van der Waals surface area contributed by atoms with E-state index in [1.807, 2.05) is 6.92 Å². The highest BCUT2D eigenvalue weighted by molar-refractivity contribution is 7.89. The van der Waals surface area contributed by atoms with Crippen molar-refractivity contribution in [3.05, 3.63) is 59.4 Å². The van der Waals surface area contributed by atoms with Gasteiger partial charge in [-0.05, 0) is 68.3 Å². The molecule has 1 fully saturated rings. The van der Waals surface area contributed by atoms with Crippen LogP contribution in [0.3, 0.4) is 0 Å². The van der Waals surface area contributed by atoms with E-state index < -0.39 is 34.2 Å². The van der Waals surface area contributed by atoms with Gasteiger partial charge in [0.2, 0.25) is 10.0 Å². The van der Waals surface area contributed by atoms with Gasteiger partial charge in [-0.15, -0.1) is 0 Å². The van der Waals surface area contributed by atoms with Crippen LogP contribution in [0.2, 0.25) is 0 Å². The Kier molecular flexibility index (Phi) is 6.95. The lowest BCUT2D eigenvalue weighted by molar-refractivity contribution is -0.146. The molecule has 0 unspecified atom stereocenters. The first-order valence-corrected chi connectivity index (χ1v) is 11.2. The average Bonchev–Trinajstić information content (AvgIpc) is 2.73. The highest BCUT2D eigenvalue weighted by Crippen LogP contribution is 2.27. The molecule has 1 amide bonds. The van der Waals surface area contributed by atoms with Crippen LogP contribution in [0.1, 0.15) is 25.0 Å². The molecule has 0 aliphatic carbocycles. The molecule has 2 aromatic rings. The van der Waals surface area contributed by atoms with Crippen LogP contribution in [0, 0.1) is 12.7 Å². The number of hydrogen-bond acceptors (Lipinski definition) is 6. The van der Waals surface area contributed by atoms with E-state index in [0.717, 1.165) is 9.87 Å². The van der Waals surface area contributed by atoms with Crippen molar-refractivity contribution in [3.63, 3.8) is 0 Å². The predicted octanol–water partition coefficient (Wildman–Crippen LogP) is 2.39. The fourth-order valence-electron chi connectivity index (χ4n) is 3.54. The molecule has 0 radical (unpaired) electrons. The number of hydrogen-bond donors (Lipinski definition) is 2. The summed E-state index contributed by atoms with van der Waals surface area (Å²) in [5, 5.41) is 9.03. The van der Waals surface area contributed by atoms with E-state index in [-0.39, 0.29) is 23.9 Å². The Hall–Kier alpha value is -2.53. The van der Waals surface area contributed by atoms with Gasteiger partial charge in [-0.2, -0.15) is 4.31 Å². The number of benzene rings is 2. The number of carbonyl (C=O) groups is 1. The van der Waals surface area contributed by atoms with Gasteiger partial charge in [0.05, 0.1) is 17.1 Å². The van der Waals surface area contributed by atoms with Crippen molar-refractivity contribution in [2.45, 2.75) is 50.5 Å². The third kappa shape index (κ3) is 5.04. The number of halogens is 1. The molecule has 0 bridgehead atoms. The fraction of sp³-hybridized carbons (Fsp3) is 0.381. The van der Waals surface area contributed by atoms with Crippen LogP contribution in [0.25, 0.3) is 0 Å². The largest absolute Gasteiger partial charge is 0.489 e. The first-order valence-electron chi connectivity index (χ1n) is 9.72. The number of carbonyl (C=O) groups excluding carboxylic acids is 1. The molecule has 168 valence electrons. The van der Waals surface area contributed by atoms with Crippen LogP contribution < -0.4 is 10.2 Å². The lowest BCUT2D eigenvalue weighted by Gasteiger charge is -2.40. The second-order valence-electron chi connectivity index (χ2n) is 7.48. The zero-order chi connectivity index (χ0) is 22.8. The highest BCUT2D eigenvalue weighted by atomic mass is 32.2. The van der Waals surface area contributed by atoms with Crippen molar-refractivity contribution in [1.82, 2.24) is 9.79 Å². The summed E-state index contributed by atoms with van der Waals surface area (Å²) in [5.74, 6) is -0.814. The van der Waals surface area contributed by atoms with Gasteiger partial charge in [0.25, 0.3) is 5.91 Å². The minimum atomic E-state index is -4.05. The van der Waals surface area contributed by atoms with E-state index in [0.29, 0.717) is 11.3 Å². The first-order chi connectivity index (χ1) is 14.6. The van der Waals surface area contributed by atoms with Gasteiger partial charge in [0, 0.05) is 6.54 Å². The predicted molar refractivity (Wildman–Crippen MR) is 110 cm³/mol. The van der Waals surface area contributed by atoms with Crippen molar-refractivity contribution >= 4 is 15.9 Å². The molecule has 8 nitrogen and oxygen atoms in total. The summed E-state index contributed by atoms with van der Waals surface area (Å²) in [5.41, 5.74) is 3.08. The molecule has 31 heavy (non-hydrogen) atoms. The lowest BCUT2D eigenvalue weighted by atomic mass is 10.1. The number of sulfonamides is 1. The van der Waals surface area contributed by atoms with Gasteiger partial charge in [0.1, 0.15) is 24.2 Å². The first kappa shape index (κ1) is 23.1. The van der Waals surface area contributed by atoms with Gasteiger partial charge in [-0.3, -0.25) is 10.0 Å². The van der Waals surface area contributed by atoms with Gasteiger partial charge in [0.15, 0.2) is 0 Å². The lowest BCUT2D eigenvalue weighted by Crippen LogP contribution is -2.60. The minimum absolute atomic E-state index is 0.0289. The van der Waals surface area contributed by atoms with Crippen LogP contribution in [0.5, 0.6) is 5.75 Å². The quantitative estimate of drug-likeness (QED) is 0.515. The average molecular weight is 453 g/mol. The zero-order valence-corrected chi connectivity index (χ0v) is 18.2. The summed E-state index contributed by atoms with van der Waals surface area (Å²) in [7, 11) is -4.05. The molecule has 2 N–H and O–H groups in total. The summed E-state index contributed by atoms with van der Waals surface area (Å²) in [6.07, 6.45) is -1.17. The molecule has 0 saturated carbocycles. The standard InChI is InChI=1S/C21H25FN2O6S/c1-13-4-5-17(22)10-16(13)12-29-18-6-8-19(9-7-18)31(27,28)24-11-14(2)30-15(3)20(24)21(25)23-26/h4-10,14-15,20,26H,11-12H2,1-3H3,(H,23,25)/t14-,15-,20+/m0/s1. The summed E-state index contributed by atoms with van der Waals surface area (Å²) < 4.78 is 52.1. The van der Waals surface area contributed by atoms with Crippen molar-refractivity contribution < 1.29 is 32.3 Å². The number of nitrogens with zero attached hydrogens (tertiary/aromatic N) is 1. The van der Waals surface area contributed by atoms with E-state index in [9.17, 15) is 17.6 Å². The van der Waals surface area contributed by atoms with Crippen LogP contribution in [-0.4, -0.2) is 48.6 Å². The van der Waals surface area contributed by atoms with E-state index in [2.05, 4.69) is 0 Å². The molecule has 1 heterocycles. The van der Waals surface area contributed by atoms with Crippen molar-refractivity contribution in [3.8, 4) is 5.75 Å². The van der Waals surface area contributed by atoms with Crippen LogP contribution in [-0.2, 0) is 26.2 Å². The van der Waals surface area contributed by atoms with Crippen molar-refractivity contribution in [2.75, 3.05) is 6.54 Å². The molecule has 0 spiro atoms. The third-order valence-electron chi connectivity index (χ3n) is 5.15. The normalized spacial score (nSPS) is 22.2. The Bertz CT molecular complexity index is 1040. The smallest absolute Gasteiger partial charge is 0.264 e. The molecule has 2 aromatic carbocycles. The molecule has 0 aromatic heterocycles. The molecule has 3 atom stereocenters. The van der Waals surface area contributed by atoms with Crippen LogP contribution in [0.15, 0.2) is 47.4 Å². The number of nitrogens with one attached hydrogen (secondary N) is 1. The van der Waals surface area contributed by atoms with Crippen molar-refractivity contribution in [2.24, 2.45) is 0 Å². The summed E-state index contributed by atoms with van der Waals surface area (Å²) in [4.78, 5) is 12.1. The molecule has 10 heteroatoms. The van der Waals surface area contributed by atoms with E-state index in [1.165, 1.54) is 41.9 Å². The SMILES string of the molecule is Cc1ccc(F)cc1COc1ccc(S(=O)(=O)N2C[C@H](C)O[C@@H](C)[C@@H]2C(=O)NO)cc1. The summed E-state index contributed by atoms with van der Waals surface area (Å²) in [6.45, 7) is 5.22. The number of ether oxygens (including phenoxy) is 2. The van der Waals surface area contributed by atoms with Crippen LogP contribution >= 0.6 is 0 Å². The Morgan fingerprint density at radius 3 is 2.58 bits per heavy atom. The maximum Gasteiger partial charge on any atom is 0.264 e. The Balaban J connectivity index is 1.79. The van der Waals surface area contributed by atoms with Crippen LogP contribution in [0.4, 0.5) is 4.39 Å². The highest BCUT2D eigenvalue weighted by Gasteiger charge is 2.44. The molecule has 1 aliphatic rings.